The van der Waals surface area contributed by atoms with Gasteiger partial charge in [0.1, 0.15) is 24.8 Å². The fraction of sp³-hybridized carbons (Fsp3) is 0.375. The topological polar surface area (TPSA) is 55.8 Å². The third kappa shape index (κ3) is 4.34. The van der Waals surface area contributed by atoms with Gasteiger partial charge in [0.25, 0.3) is 11.8 Å². The quantitative estimate of drug-likeness (QED) is 0.419. The van der Waals surface area contributed by atoms with Crippen molar-refractivity contribution >= 4 is 29.1 Å². The minimum absolute atomic E-state index is 0.0959. The van der Waals surface area contributed by atoms with E-state index in [0.717, 1.165) is 12.1 Å². The Kier molecular flexibility index (Phi) is 5.92. The highest BCUT2D eigenvalue weighted by Gasteiger charge is 2.36. The number of hydrogen-bond donors (Lipinski definition) is 0. The molecular formula is C16H14ClF4NO4. The van der Waals surface area contributed by atoms with Gasteiger partial charge in [0.05, 0.1) is 17.3 Å². The van der Waals surface area contributed by atoms with E-state index < -0.39 is 30.4 Å². The molecule has 5 nitrogen and oxygen atoms in total. The van der Waals surface area contributed by atoms with Gasteiger partial charge in [0.2, 0.25) is 0 Å². The Morgan fingerprint density at radius 1 is 1.08 bits per heavy atom. The molecule has 0 saturated heterocycles. The van der Waals surface area contributed by atoms with Gasteiger partial charge in [-0.1, -0.05) is 11.6 Å². The van der Waals surface area contributed by atoms with Crippen molar-refractivity contribution < 1.29 is 36.6 Å². The summed E-state index contributed by atoms with van der Waals surface area (Å²) in [5.41, 5.74) is 0.0200. The van der Waals surface area contributed by atoms with Crippen molar-refractivity contribution in [1.29, 1.82) is 0 Å². The van der Waals surface area contributed by atoms with Gasteiger partial charge in [-0.2, -0.15) is 13.2 Å². The number of amides is 2. The zero-order valence-corrected chi connectivity index (χ0v) is 14.5. The van der Waals surface area contributed by atoms with E-state index >= 15 is 0 Å². The van der Waals surface area contributed by atoms with Crippen molar-refractivity contribution in [3.8, 4) is 5.75 Å². The molecule has 2 amide bonds. The Hall–Kier alpha value is -2.13. The van der Waals surface area contributed by atoms with Crippen LogP contribution in [0.15, 0.2) is 23.3 Å². The first-order valence-corrected chi connectivity index (χ1v) is 7.73. The van der Waals surface area contributed by atoms with Gasteiger partial charge in [0.15, 0.2) is 0 Å². The lowest BCUT2D eigenvalue weighted by Gasteiger charge is -2.18. The van der Waals surface area contributed by atoms with Crippen molar-refractivity contribution in [2.75, 3.05) is 24.7 Å². The molecule has 0 bridgehead atoms. The Balaban J connectivity index is 2.13. The van der Waals surface area contributed by atoms with Gasteiger partial charge in [0, 0.05) is 17.2 Å². The molecular weight excluding hydrogens is 382 g/mol. The van der Waals surface area contributed by atoms with Crippen LogP contribution < -0.4 is 9.64 Å². The molecule has 0 spiro atoms. The number of imide groups is 1. The molecule has 1 aromatic carbocycles. The summed E-state index contributed by atoms with van der Waals surface area (Å²) in [6.45, 7) is 0.778. The largest absolute Gasteiger partial charge is 0.490 e. The fourth-order valence-electron chi connectivity index (χ4n) is 2.17. The summed E-state index contributed by atoms with van der Waals surface area (Å²) in [6.07, 6.45) is -4.46. The summed E-state index contributed by atoms with van der Waals surface area (Å²) < 4.78 is 59.7. The number of carbonyl (C=O) groups is 2. The lowest BCUT2D eigenvalue weighted by atomic mass is 10.2. The molecule has 0 aromatic heterocycles. The van der Waals surface area contributed by atoms with Gasteiger partial charge in [-0.25, -0.2) is 9.29 Å². The van der Waals surface area contributed by atoms with Crippen LogP contribution in [0.3, 0.4) is 0 Å². The monoisotopic (exact) mass is 395 g/mol. The number of benzene rings is 1. The maximum atomic E-state index is 14.2. The molecule has 1 aliphatic rings. The fourth-order valence-corrected chi connectivity index (χ4v) is 2.37. The zero-order chi connectivity index (χ0) is 19.6. The van der Waals surface area contributed by atoms with Gasteiger partial charge in [-0.15, -0.1) is 0 Å². The third-order valence-corrected chi connectivity index (χ3v) is 3.90. The summed E-state index contributed by atoms with van der Waals surface area (Å²) in [7, 11) is 0. The smallest absolute Gasteiger partial charge is 0.411 e. The van der Waals surface area contributed by atoms with E-state index in [9.17, 15) is 27.2 Å². The molecule has 142 valence electrons. The van der Waals surface area contributed by atoms with Crippen LogP contribution in [0.4, 0.5) is 23.2 Å². The minimum atomic E-state index is -4.46. The van der Waals surface area contributed by atoms with Crippen molar-refractivity contribution in [1.82, 2.24) is 0 Å². The molecule has 1 aliphatic heterocycles. The second kappa shape index (κ2) is 7.63. The maximum Gasteiger partial charge on any atom is 0.411 e. The molecule has 0 N–H and O–H groups in total. The van der Waals surface area contributed by atoms with E-state index in [0.29, 0.717) is 4.90 Å². The van der Waals surface area contributed by atoms with E-state index in [1.807, 2.05) is 0 Å². The van der Waals surface area contributed by atoms with E-state index in [-0.39, 0.29) is 40.8 Å². The molecule has 26 heavy (non-hydrogen) atoms. The first-order valence-electron chi connectivity index (χ1n) is 7.35. The van der Waals surface area contributed by atoms with Crippen LogP contribution in [0.25, 0.3) is 0 Å². The normalized spacial score (nSPS) is 15.3. The predicted octanol–water partition coefficient (Wildman–Crippen LogP) is 3.65. The summed E-state index contributed by atoms with van der Waals surface area (Å²) >= 11 is 5.84. The zero-order valence-electron chi connectivity index (χ0n) is 13.7. The highest BCUT2D eigenvalue weighted by Crippen LogP contribution is 2.35. The predicted molar refractivity (Wildman–Crippen MR) is 84.6 cm³/mol. The molecule has 0 fully saturated rings. The molecule has 10 heteroatoms. The highest BCUT2D eigenvalue weighted by molar-refractivity contribution is 6.34. The maximum absolute atomic E-state index is 14.2. The minimum Gasteiger partial charge on any atom is -0.490 e. The summed E-state index contributed by atoms with van der Waals surface area (Å²) in [6, 6.07) is 1.90. The van der Waals surface area contributed by atoms with Gasteiger partial charge >= 0.3 is 6.18 Å². The van der Waals surface area contributed by atoms with Crippen molar-refractivity contribution in [3.63, 3.8) is 0 Å². The summed E-state index contributed by atoms with van der Waals surface area (Å²) in [5, 5.41) is -0.164. The van der Waals surface area contributed by atoms with Crippen LogP contribution in [0.2, 0.25) is 5.02 Å². The van der Waals surface area contributed by atoms with Crippen molar-refractivity contribution in [2.45, 2.75) is 20.0 Å². The first kappa shape index (κ1) is 20.2. The van der Waals surface area contributed by atoms with Gasteiger partial charge in [-0.05, 0) is 19.9 Å². The van der Waals surface area contributed by atoms with Crippen molar-refractivity contribution in [2.24, 2.45) is 0 Å². The number of ether oxygens (including phenoxy) is 2. The van der Waals surface area contributed by atoms with Gasteiger partial charge in [-0.3, -0.25) is 9.59 Å². The van der Waals surface area contributed by atoms with Crippen LogP contribution in [0.5, 0.6) is 5.75 Å². The Bertz CT molecular complexity index is 752. The van der Waals surface area contributed by atoms with E-state index in [4.69, 9.17) is 16.3 Å². The summed E-state index contributed by atoms with van der Waals surface area (Å²) in [5.74, 6) is -2.36. The number of anilines is 1. The number of rotatable bonds is 6. The molecule has 2 rings (SSSR count). The van der Waals surface area contributed by atoms with Gasteiger partial charge < -0.3 is 9.47 Å². The van der Waals surface area contributed by atoms with Crippen molar-refractivity contribution in [3.05, 3.63) is 34.1 Å². The number of carbonyl (C=O) groups excluding carboxylic acids is 2. The standard InChI is InChI=1S/C16H14ClF4NO4/c1-8-9(2)15(24)22(14(8)23)12-6-13(10(17)5-11(12)18)26-4-3-25-7-16(19,20)21/h5-6H,3-4,7H2,1-2H3. The van der Waals surface area contributed by atoms with E-state index in [2.05, 4.69) is 4.74 Å². The second-order valence-corrected chi connectivity index (χ2v) is 5.85. The van der Waals surface area contributed by atoms with Crippen LogP contribution in [-0.4, -0.2) is 37.8 Å². The van der Waals surface area contributed by atoms with Crippen LogP contribution in [-0.2, 0) is 14.3 Å². The third-order valence-electron chi connectivity index (χ3n) is 3.60. The highest BCUT2D eigenvalue weighted by atomic mass is 35.5. The van der Waals surface area contributed by atoms with Crippen LogP contribution >= 0.6 is 11.6 Å². The number of halogens is 5. The molecule has 1 aromatic rings. The Morgan fingerprint density at radius 3 is 2.19 bits per heavy atom. The second-order valence-electron chi connectivity index (χ2n) is 5.45. The molecule has 1 heterocycles. The number of nitrogens with zero attached hydrogens (tertiary/aromatic N) is 1. The molecule has 0 radical (unpaired) electrons. The first-order chi connectivity index (χ1) is 12.0. The SMILES string of the molecule is CC1=C(C)C(=O)N(c2cc(OCCOCC(F)(F)F)c(Cl)cc2F)C1=O. The van der Waals surface area contributed by atoms with Crippen LogP contribution in [0, 0.1) is 5.82 Å². The van der Waals surface area contributed by atoms with Crippen LogP contribution in [0.1, 0.15) is 13.8 Å². The number of hydrogen-bond acceptors (Lipinski definition) is 4. The molecule has 0 saturated carbocycles. The Labute approximate surface area is 151 Å². The Morgan fingerprint density at radius 2 is 1.65 bits per heavy atom. The lowest BCUT2D eigenvalue weighted by Crippen LogP contribution is -2.32. The average molecular weight is 396 g/mol. The molecule has 0 aliphatic carbocycles. The lowest BCUT2D eigenvalue weighted by molar-refractivity contribution is -0.175. The molecule has 0 atom stereocenters. The van der Waals surface area contributed by atoms with E-state index in [1.165, 1.54) is 13.8 Å². The summed E-state index contributed by atoms with van der Waals surface area (Å²) in [4.78, 5) is 25.0. The molecule has 0 unspecified atom stereocenters. The van der Waals surface area contributed by atoms with E-state index in [1.54, 1.807) is 0 Å². The average Bonchev–Trinajstić information content (AvgIpc) is 2.72. The number of alkyl halides is 3.